The molecular formula is C18H31ClN2O2. The van der Waals surface area contributed by atoms with Crippen LogP contribution < -0.4 is 14.8 Å². The molecule has 5 heteroatoms. The predicted octanol–water partition coefficient (Wildman–Crippen LogP) is 3.46. The summed E-state index contributed by atoms with van der Waals surface area (Å²) in [5.41, 5.74) is 1.12. The third-order valence-corrected chi connectivity index (χ3v) is 3.29. The molecule has 4 nitrogen and oxygen atoms in total. The van der Waals surface area contributed by atoms with E-state index >= 15 is 0 Å². The van der Waals surface area contributed by atoms with E-state index in [4.69, 9.17) is 9.47 Å². The molecule has 1 aromatic rings. The smallest absolute Gasteiger partial charge is 0.161 e. The van der Waals surface area contributed by atoms with Crippen LogP contribution in [0.4, 0.5) is 0 Å². The second-order valence-corrected chi connectivity index (χ2v) is 5.52. The van der Waals surface area contributed by atoms with Crippen molar-refractivity contribution in [2.45, 2.75) is 19.8 Å². The van der Waals surface area contributed by atoms with Gasteiger partial charge in [-0.1, -0.05) is 18.2 Å². The summed E-state index contributed by atoms with van der Waals surface area (Å²) in [6.45, 7) is 5.87. The molecule has 0 spiro atoms. The van der Waals surface area contributed by atoms with Gasteiger partial charge < -0.3 is 19.7 Å². The lowest BCUT2D eigenvalue weighted by atomic mass is 10.2. The molecule has 0 saturated carbocycles. The summed E-state index contributed by atoms with van der Waals surface area (Å²) in [5.74, 6) is 1.61. The molecule has 23 heavy (non-hydrogen) atoms. The Morgan fingerprint density at radius 1 is 1.13 bits per heavy atom. The van der Waals surface area contributed by atoms with E-state index in [1.807, 2.05) is 37.3 Å². The molecule has 0 amide bonds. The van der Waals surface area contributed by atoms with E-state index in [0.29, 0.717) is 6.61 Å². The molecule has 0 radical (unpaired) electrons. The van der Waals surface area contributed by atoms with Crippen LogP contribution >= 0.6 is 12.4 Å². The van der Waals surface area contributed by atoms with E-state index in [1.54, 1.807) is 7.11 Å². The van der Waals surface area contributed by atoms with Gasteiger partial charge >= 0.3 is 0 Å². The lowest BCUT2D eigenvalue weighted by molar-refractivity contribution is 0.285. The highest BCUT2D eigenvalue weighted by molar-refractivity contribution is 5.85. The molecule has 0 bridgehead atoms. The first-order valence-electron chi connectivity index (χ1n) is 7.96. The number of rotatable bonds is 11. The second-order valence-electron chi connectivity index (χ2n) is 5.52. The summed E-state index contributed by atoms with van der Waals surface area (Å²) in [5, 5.41) is 3.43. The number of hydrogen-bond donors (Lipinski definition) is 1. The van der Waals surface area contributed by atoms with Crippen LogP contribution in [0.5, 0.6) is 11.5 Å². The highest BCUT2D eigenvalue weighted by atomic mass is 35.5. The quantitative estimate of drug-likeness (QED) is 0.624. The number of benzene rings is 1. The number of hydrogen-bond acceptors (Lipinski definition) is 4. The molecule has 1 aromatic carbocycles. The fraction of sp³-hybridized carbons (Fsp3) is 0.556. The van der Waals surface area contributed by atoms with Crippen LogP contribution in [0, 0.1) is 0 Å². The number of ether oxygens (including phenoxy) is 2. The molecule has 0 aliphatic rings. The number of allylic oxidation sites excluding steroid dienone is 1. The van der Waals surface area contributed by atoms with E-state index in [-0.39, 0.29) is 12.4 Å². The Bertz CT molecular complexity index is 451. The summed E-state index contributed by atoms with van der Waals surface area (Å²) in [7, 11) is 5.85. The van der Waals surface area contributed by atoms with Crippen molar-refractivity contribution in [2.24, 2.45) is 0 Å². The van der Waals surface area contributed by atoms with Crippen LogP contribution in [0.2, 0.25) is 0 Å². The molecule has 0 aliphatic heterocycles. The maximum Gasteiger partial charge on any atom is 0.161 e. The number of likely N-dealkylation sites (N-methyl/N-ethyl adjacent to an activating group) is 1. The van der Waals surface area contributed by atoms with Crippen molar-refractivity contribution < 1.29 is 9.47 Å². The van der Waals surface area contributed by atoms with Gasteiger partial charge in [0.1, 0.15) is 0 Å². The highest BCUT2D eigenvalue weighted by Crippen LogP contribution is 2.28. The average Bonchev–Trinajstić information content (AvgIpc) is 2.50. The zero-order valence-corrected chi connectivity index (χ0v) is 15.6. The number of unbranched alkanes of at least 4 members (excludes halogenated alkanes) is 1. The van der Waals surface area contributed by atoms with Crippen molar-refractivity contribution >= 4 is 18.5 Å². The molecular weight excluding hydrogens is 312 g/mol. The minimum Gasteiger partial charge on any atom is -0.493 e. The van der Waals surface area contributed by atoms with Crippen LogP contribution in [-0.4, -0.2) is 52.3 Å². The van der Waals surface area contributed by atoms with Gasteiger partial charge in [0.05, 0.1) is 13.7 Å². The Morgan fingerprint density at radius 2 is 1.91 bits per heavy atom. The van der Waals surface area contributed by atoms with E-state index < -0.39 is 0 Å². The van der Waals surface area contributed by atoms with Gasteiger partial charge in [-0.05, 0) is 58.1 Å². The SMILES string of the molecule is CC=Cc1ccc(OCCCCNCCN(C)C)c(OC)c1.Cl. The Labute approximate surface area is 147 Å². The number of methoxy groups -OCH3 is 1. The van der Waals surface area contributed by atoms with E-state index in [1.165, 1.54) is 0 Å². The standard InChI is InChI=1S/C18H30N2O2.ClH/c1-5-8-16-9-10-17(18(15-16)21-4)22-14-7-6-11-19-12-13-20(2)3;/h5,8-10,15,19H,6-7,11-14H2,1-4H3;1H. The third kappa shape index (κ3) is 9.49. The molecule has 0 atom stereocenters. The van der Waals surface area contributed by atoms with E-state index in [2.05, 4.69) is 24.3 Å². The van der Waals surface area contributed by atoms with Crippen molar-refractivity contribution in [1.82, 2.24) is 10.2 Å². The summed E-state index contributed by atoms with van der Waals surface area (Å²) < 4.78 is 11.2. The predicted molar refractivity (Wildman–Crippen MR) is 101 cm³/mol. The largest absolute Gasteiger partial charge is 0.493 e. The van der Waals surface area contributed by atoms with Gasteiger partial charge in [-0.2, -0.15) is 0 Å². The van der Waals surface area contributed by atoms with Crippen molar-refractivity contribution in [3.05, 3.63) is 29.8 Å². The normalized spacial score (nSPS) is 10.8. The lowest BCUT2D eigenvalue weighted by Crippen LogP contribution is -2.27. The Hall–Kier alpha value is -1.23. The van der Waals surface area contributed by atoms with Gasteiger partial charge in [0.2, 0.25) is 0 Å². The van der Waals surface area contributed by atoms with Crippen LogP contribution in [0.15, 0.2) is 24.3 Å². The fourth-order valence-electron chi connectivity index (χ4n) is 2.06. The molecule has 0 fully saturated rings. The van der Waals surface area contributed by atoms with Crippen molar-refractivity contribution in [2.75, 3.05) is 47.4 Å². The summed E-state index contributed by atoms with van der Waals surface area (Å²) in [6.07, 6.45) is 6.21. The van der Waals surface area contributed by atoms with Crippen LogP contribution in [0.1, 0.15) is 25.3 Å². The highest BCUT2D eigenvalue weighted by Gasteiger charge is 2.04. The van der Waals surface area contributed by atoms with Gasteiger partial charge in [-0.25, -0.2) is 0 Å². The molecule has 0 unspecified atom stereocenters. The first kappa shape index (κ1) is 21.8. The maximum atomic E-state index is 5.82. The van der Waals surface area contributed by atoms with Crippen molar-refractivity contribution in [3.8, 4) is 11.5 Å². The molecule has 0 aromatic heterocycles. The van der Waals surface area contributed by atoms with E-state index in [9.17, 15) is 0 Å². The lowest BCUT2D eigenvalue weighted by Gasteiger charge is -2.12. The second kappa shape index (κ2) is 13.2. The topological polar surface area (TPSA) is 33.7 Å². The van der Waals surface area contributed by atoms with Gasteiger partial charge in [0.25, 0.3) is 0 Å². The number of nitrogens with one attached hydrogen (secondary N) is 1. The first-order valence-corrected chi connectivity index (χ1v) is 7.96. The van der Waals surface area contributed by atoms with Gasteiger partial charge in [0.15, 0.2) is 11.5 Å². The molecule has 1 rings (SSSR count). The fourth-order valence-corrected chi connectivity index (χ4v) is 2.06. The van der Waals surface area contributed by atoms with Gasteiger partial charge in [-0.15, -0.1) is 12.4 Å². The van der Waals surface area contributed by atoms with Gasteiger partial charge in [-0.3, -0.25) is 0 Å². The van der Waals surface area contributed by atoms with Gasteiger partial charge in [0, 0.05) is 13.1 Å². The van der Waals surface area contributed by atoms with Crippen LogP contribution in [-0.2, 0) is 0 Å². The minimum absolute atomic E-state index is 0. The molecule has 0 saturated heterocycles. The molecule has 1 N–H and O–H groups in total. The molecule has 132 valence electrons. The monoisotopic (exact) mass is 342 g/mol. The zero-order valence-electron chi connectivity index (χ0n) is 14.8. The summed E-state index contributed by atoms with van der Waals surface area (Å²) >= 11 is 0. The Kier molecular flexibility index (Phi) is 12.5. The van der Waals surface area contributed by atoms with Crippen molar-refractivity contribution in [3.63, 3.8) is 0 Å². The zero-order chi connectivity index (χ0) is 16.2. The number of halogens is 1. The average molecular weight is 343 g/mol. The maximum absolute atomic E-state index is 5.82. The summed E-state index contributed by atoms with van der Waals surface area (Å²) in [4.78, 5) is 2.18. The summed E-state index contributed by atoms with van der Waals surface area (Å²) in [6, 6.07) is 6.02. The number of nitrogens with zero attached hydrogens (tertiary/aromatic N) is 1. The molecule has 0 heterocycles. The van der Waals surface area contributed by atoms with E-state index in [0.717, 1.165) is 49.5 Å². The first-order chi connectivity index (χ1) is 10.7. The Morgan fingerprint density at radius 3 is 2.57 bits per heavy atom. The third-order valence-electron chi connectivity index (χ3n) is 3.29. The van der Waals surface area contributed by atoms with Crippen LogP contribution in [0.25, 0.3) is 6.08 Å². The Balaban J connectivity index is 0.00000484. The van der Waals surface area contributed by atoms with Crippen molar-refractivity contribution in [1.29, 1.82) is 0 Å². The van der Waals surface area contributed by atoms with Crippen LogP contribution in [0.3, 0.4) is 0 Å². The molecule has 0 aliphatic carbocycles. The minimum atomic E-state index is 0.